The van der Waals surface area contributed by atoms with Crippen LogP contribution in [0.4, 0.5) is 4.39 Å². The van der Waals surface area contributed by atoms with Crippen molar-refractivity contribution in [2.24, 2.45) is 0 Å². The minimum absolute atomic E-state index is 0.000840. The number of nitrogens with one attached hydrogen (secondary N) is 1. The molecule has 1 unspecified atom stereocenters. The van der Waals surface area contributed by atoms with Crippen molar-refractivity contribution in [2.75, 3.05) is 19.7 Å². The number of hydrogen-bond acceptors (Lipinski definition) is 5. The Balaban J connectivity index is 1.37. The fourth-order valence-corrected chi connectivity index (χ4v) is 5.17. The molecule has 8 nitrogen and oxygen atoms in total. The number of aromatic nitrogens is 1. The second-order valence-electron chi connectivity index (χ2n) is 9.60. The van der Waals surface area contributed by atoms with Gasteiger partial charge in [-0.3, -0.25) is 24.3 Å². The molecular weight excluding hydrogens is 487 g/mol. The number of halogens is 1. The molecule has 2 fully saturated rings. The molecule has 2 saturated heterocycles. The van der Waals surface area contributed by atoms with E-state index in [0.717, 1.165) is 11.6 Å². The fraction of sp³-hybridized carbons (Fsp3) is 0.310. The van der Waals surface area contributed by atoms with Crippen LogP contribution in [0.5, 0.6) is 0 Å². The molecule has 3 amide bonds. The summed E-state index contributed by atoms with van der Waals surface area (Å²) in [5.74, 6) is -1.49. The predicted octanol–water partition coefficient (Wildman–Crippen LogP) is 3.32. The number of carbonyl (C=O) groups excluding carboxylic acids is 3. The second kappa shape index (κ2) is 10.7. The number of rotatable bonds is 5. The zero-order valence-corrected chi connectivity index (χ0v) is 21.1. The minimum atomic E-state index is -1.08. The maximum absolute atomic E-state index is 14.0. The number of pyridine rings is 1. The molecule has 38 heavy (non-hydrogen) atoms. The Labute approximate surface area is 220 Å². The van der Waals surface area contributed by atoms with Gasteiger partial charge < -0.3 is 15.0 Å². The molecule has 2 aliphatic heterocycles. The number of benzene rings is 2. The number of ether oxygens (including phenoxy) is 1. The molecule has 3 aromatic rings. The maximum Gasteiger partial charge on any atom is 0.256 e. The first-order valence-electron chi connectivity index (χ1n) is 12.6. The topological polar surface area (TPSA) is 91.8 Å². The van der Waals surface area contributed by atoms with Crippen LogP contribution in [0.15, 0.2) is 72.9 Å². The lowest BCUT2D eigenvalue weighted by atomic mass is 9.95. The zero-order chi connectivity index (χ0) is 26.7. The van der Waals surface area contributed by atoms with E-state index in [1.165, 1.54) is 23.1 Å². The van der Waals surface area contributed by atoms with Crippen LogP contribution in [0, 0.1) is 12.7 Å². The van der Waals surface area contributed by atoms with Gasteiger partial charge in [-0.25, -0.2) is 4.39 Å². The van der Waals surface area contributed by atoms with E-state index in [1.807, 2.05) is 31.2 Å². The van der Waals surface area contributed by atoms with Crippen molar-refractivity contribution in [1.29, 1.82) is 0 Å². The highest BCUT2D eigenvalue weighted by Crippen LogP contribution is 2.39. The van der Waals surface area contributed by atoms with Crippen molar-refractivity contribution in [3.05, 3.63) is 101 Å². The van der Waals surface area contributed by atoms with Crippen LogP contribution in [-0.2, 0) is 16.1 Å². The Morgan fingerprint density at radius 1 is 1.03 bits per heavy atom. The number of amides is 3. The van der Waals surface area contributed by atoms with Crippen molar-refractivity contribution in [3.63, 3.8) is 0 Å². The number of likely N-dealkylation sites (tertiary alicyclic amines) is 1. The Bertz CT molecular complexity index is 1340. The Morgan fingerprint density at radius 2 is 1.79 bits per heavy atom. The molecule has 196 valence electrons. The summed E-state index contributed by atoms with van der Waals surface area (Å²) in [6, 6.07) is 17.3. The molecule has 1 N–H and O–H groups in total. The SMILES string of the molecule is Cc1ccccc1C(=O)N1CCC2(CC1)OCC(C(=O)NCc1ccccn1)N2C(=O)c1cccc(F)c1. The number of hydrogen-bond donors (Lipinski definition) is 1. The molecule has 1 spiro atoms. The Kier molecular flexibility index (Phi) is 7.20. The van der Waals surface area contributed by atoms with Crippen LogP contribution in [0.3, 0.4) is 0 Å². The molecule has 2 aliphatic rings. The van der Waals surface area contributed by atoms with Gasteiger partial charge in [0.05, 0.1) is 18.8 Å². The third-order valence-electron chi connectivity index (χ3n) is 7.23. The summed E-state index contributed by atoms with van der Waals surface area (Å²) in [5, 5.41) is 2.85. The third-order valence-corrected chi connectivity index (χ3v) is 7.23. The van der Waals surface area contributed by atoms with E-state index in [0.29, 0.717) is 37.2 Å². The third kappa shape index (κ3) is 5.02. The van der Waals surface area contributed by atoms with E-state index in [9.17, 15) is 18.8 Å². The van der Waals surface area contributed by atoms with Gasteiger partial charge >= 0.3 is 0 Å². The molecule has 0 saturated carbocycles. The van der Waals surface area contributed by atoms with Crippen molar-refractivity contribution < 1.29 is 23.5 Å². The summed E-state index contributed by atoms with van der Waals surface area (Å²) in [5.41, 5.74) is 1.26. The first-order valence-corrected chi connectivity index (χ1v) is 12.6. The smallest absolute Gasteiger partial charge is 0.256 e. The first-order chi connectivity index (χ1) is 18.4. The van der Waals surface area contributed by atoms with E-state index < -0.39 is 23.5 Å². The van der Waals surface area contributed by atoms with Gasteiger partial charge in [0.1, 0.15) is 17.6 Å². The lowest BCUT2D eigenvalue weighted by molar-refractivity contribution is -0.128. The van der Waals surface area contributed by atoms with Crippen LogP contribution in [0.1, 0.15) is 44.8 Å². The quantitative estimate of drug-likeness (QED) is 0.562. The lowest BCUT2D eigenvalue weighted by Gasteiger charge is -2.44. The highest BCUT2D eigenvalue weighted by Gasteiger charge is 2.54. The van der Waals surface area contributed by atoms with Crippen LogP contribution in [-0.4, -0.2) is 64.0 Å². The molecule has 9 heteroatoms. The van der Waals surface area contributed by atoms with E-state index in [2.05, 4.69) is 10.3 Å². The van der Waals surface area contributed by atoms with Crippen molar-refractivity contribution in [3.8, 4) is 0 Å². The highest BCUT2D eigenvalue weighted by atomic mass is 19.1. The van der Waals surface area contributed by atoms with Crippen molar-refractivity contribution >= 4 is 17.7 Å². The van der Waals surface area contributed by atoms with E-state index in [4.69, 9.17) is 4.74 Å². The van der Waals surface area contributed by atoms with Crippen LogP contribution >= 0.6 is 0 Å². The largest absolute Gasteiger partial charge is 0.353 e. The van der Waals surface area contributed by atoms with Gasteiger partial charge in [-0.1, -0.05) is 30.3 Å². The van der Waals surface area contributed by atoms with Gasteiger partial charge in [-0.05, 0) is 48.9 Å². The van der Waals surface area contributed by atoms with Crippen molar-refractivity contribution in [2.45, 2.75) is 38.1 Å². The van der Waals surface area contributed by atoms with Crippen molar-refractivity contribution in [1.82, 2.24) is 20.1 Å². The number of piperidine rings is 1. The molecule has 0 radical (unpaired) electrons. The van der Waals surface area contributed by atoms with Gasteiger partial charge in [0.25, 0.3) is 11.8 Å². The summed E-state index contributed by atoms with van der Waals surface area (Å²) < 4.78 is 20.2. The van der Waals surface area contributed by atoms with Crippen LogP contribution in [0.25, 0.3) is 0 Å². The predicted molar refractivity (Wildman–Crippen MR) is 137 cm³/mol. The molecule has 1 atom stereocenters. The number of nitrogens with zero attached hydrogens (tertiary/aromatic N) is 3. The van der Waals surface area contributed by atoms with Gasteiger partial charge in [-0.15, -0.1) is 0 Å². The monoisotopic (exact) mass is 516 g/mol. The molecular formula is C29H29FN4O4. The van der Waals surface area contributed by atoms with Crippen LogP contribution < -0.4 is 5.32 Å². The molecule has 0 aliphatic carbocycles. The van der Waals surface area contributed by atoms with Gasteiger partial charge in [-0.2, -0.15) is 0 Å². The maximum atomic E-state index is 14.0. The Morgan fingerprint density at radius 3 is 2.50 bits per heavy atom. The van der Waals surface area contributed by atoms with Gasteiger partial charge in [0.2, 0.25) is 5.91 Å². The molecule has 0 bridgehead atoms. The normalized spacial score (nSPS) is 18.4. The molecule has 2 aromatic carbocycles. The van der Waals surface area contributed by atoms with Gasteiger partial charge in [0.15, 0.2) is 0 Å². The summed E-state index contributed by atoms with van der Waals surface area (Å²) >= 11 is 0. The first kappa shape index (κ1) is 25.5. The summed E-state index contributed by atoms with van der Waals surface area (Å²) in [6.45, 7) is 2.79. The van der Waals surface area contributed by atoms with E-state index in [-0.39, 0.29) is 30.5 Å². The summed E-state index contributed by atoms with van der Waals surface area (Å²) in [4.78, 5) is 47.7. The number of carbonyl (C=O) groups is 3. The van der Waals surface area contributed by atoms with E-state index >= 15 is 0 Å². The lowest BCUT2D eigenvalue weighted by Crippen LogP contribution is -2.59. The average molecular weight is 517 g/mol. The summed E-state index contributed by atoms with van der Waals surface area (Å²) in [7, 11) is 0. The van der Waals surface area contributed by atoms with Gasteiger partial charge in [0, 0.05) is 43.3 Å². The van der Waals surface area contributed by atoms with Crippen LogP contribution in [0.2, 0.25) is 0 Å². The minimum Gasteiger partial charge on any atom is -0.353 e. The second-order valence-corrected chi connectivity index (χ2v) is 9.60. The molecule has 5 rings (SSSR count). The number of aryl methyl sites for hydroxylation is 1. The average Bonchev–Trinajstić information content (AvgIpc) is 3.30. The molecule has 1 aromatic heterocycles. The highest BCUT2D eigenvalue weighted by molar-refractivity contribution is 5.99. The fourth-order valence-electron chi connectivity index (χ4n) is 5.17. The zero-order valence-electron chi connectivity index (χ0n) is 21.1. The molecule has 3 heterocycles. The summed E-state index contributed by atoms with van der Waals surface area (Å²) in [6.07, 6.45) is 2.30. The Hall–Kier alpha value is -4.11. The van der Waals surface area contributed by atoms with E-state index in [1.54, 1.807) is 29.3 Å². The standard InChI is InChI=1S/C29H29FN4O4/c1-20-7-2-3-11-24(20)28(37)33-15-12-29(13-16-33)34(27(36)21-8-6-9-22(30)17-21)25(19-38-29)26(35)32-18-23-10-4-5-14-31-23/h2-11,14,17,25H,12-13,15-16,18-19H2,1H3,(H,32,35).